The second-order valence-corrected chi connectivity index (χ2v) is 13.8. The molecule has 6 atom stereocenters. The van der Waals surface area contributed by atoms with Crippen molar-refractivity contribution in [3.63, 3.8) is 0 Å². The molecule has 2 heterocycles. The van der Waals surface area contributed by atoms with Gasteiger partial charge in [-0.05, 0) is 77.9 Å². The molecule has 1 N–H and O–H groups in total. The van der Waals surface area contributed by atoms with Crippen LogP contribution >= 0.6 is 11.6 Å². The number of halogens is 1. The van der Waals surface area contributed by atoms with Gasteiger partial charge in [0.1, 0.15) is 0 Å². The Labute approximate surface area is 294 Å². The lowest BCUT2D eigenvalue weighted by molar-refractivity contribution is -0.127. The predicted octanol–water partition coefficient (Wildman–Crippen LogP) is 7.06. The number of imide groups is 2. The summed E-state index contributed by atoms with van der Waals surface area (Å²) in [6, 6.07) is 28.0. The van der Waals surface area contributed by atoms with Crippen LogP contribution in [0.4, 0.5) is 11.4 Å². The Morgan fingerprint density at radius 1 is 0.840 bits per heavy atom. The zero-order valence-electron chi connectivity index (χ0n) is 27.2. The molecule has 4 aromatic carbocycles. The monoisotopic (exact) mass is 684 g/mol. The first kappa shape index (κ1) is 31.8. The van der Waals surface area contributed by atoms with E-state index in [4.69, 9.17) is 16.3 Å². The Hall–Kier alpha value is -5.47. The molecule has 2 aliphatic carbocycles. The minimum absolute atomic E-state index is 0.120. The standard InChI is InChI=1S/C41H33ClN2O6/c1-3-23-12-15-27(16-13-23)43-37(46)30-18-17-29-31(35(30)39(43)48)22-32-38(47)44(28-11-7-10-26(42)21-28)40(49)41(32,25-8-5-4-6-9-25)36(29)24-14-19-34(50-2)33(45)20-24/h3-17,19-21,30-32,35-36,45H,1,18,22H2,2H3/t30-,31+,32-,35-,36-,41+/m0/s1. The molecule has 8 nitrogen and oxygen atoms in total. The number of amides is 4. The molecule has 8 rings (SSSR count). The summed E-state index contributed by atoms with van der Waals surface area (Å²) >= 11 is 6.39. The van der Waals surface area contributed by atoms with Gasteiger partial charge in [0.25, 0.3) is 0 Å². The van der Waals surface area contributed by atoms with Gasteiger partial charge in [0, 0.05) is 10.9 Å². The van der Waals surface area contributed by atoms with Gasteiger partial charge in [0.2, 0.25) is 23.6 Å². The lowest BCUT2D eigenvalue weighted by atomic mass is 9.49. The zero-order chi connectivity index (χ0) is 34.9. The molecule has 0 unspecified atom stereocenters. The largest absolute Gasteiger partial charge is 0.504 e. The molecule has 0 radical (unpaired) electrons. The molecule has 2 saturated heterocycles. The van der Waals surface area contributed by atoms with Gasteiger partial charge in [-0.2, -0.15) is 0 Å². The number of phenols is 1. The number of aromatic hydroxyl groups is 1. The molecule has 50 heavy (non-hydrogen) atoms. The first-order chi connectivity index (χ1) is 24.2. The molecule has 4 aromatic rings. The maximum Gasteiger partial charge on any atom is 0.246 e. The SMILES string of the molecule is C=Cc1ccc(N2C(=O)[C@H]3[C@H](CC=C4[C@H]3C[C@H]3C(=O)N(c5cccc(Cl)c5)C(=O)[C@@]3(c3ccccc3)[C@H]4c3ccc(OC)c(O)c3)C2=O)cc1. The van der Waals surface area contributed by atoms with Crippen molar-refractivity contribution in [2.75, 3.05) is 16.9 Å². The minimum atomic E-state index is -1.44. The van der Waals surface area contributed by atoms with E-state index in [0.717, 1.165) is 11.1 Å². The molecular formula is C41H33ClN2O6. The van der Waals surface area contributed by atoms with Crippen molar-refractivity contribution in [1.82, 2.24) is 0 Å². The van der Waals surface area contributed by atoms with Crippen molar-refractivity contribution in [2.45, 2.75) is 24.2 Å². The van der Waals surface area contributed by atoms with E-state index >= 15 is 4.79 Å². The number of hydrogen-bond acceptors (Lipinski definition) is 6. The van der Waals surface area contributed by atoms with Gasteiger partial charge in [-0.3, -0.25) is 24.1 Å². The predicted molar refractivity (Wildman–Crippen MR) is 190 cm³/mol. The van der Waals surface area contributed by atoms with E-state index in [1.807, 2.05) is 48.5 Å². The summed E-state index contributed by atoms with van der Waals surface area (Å²) < 4.78 is 5.37. The number of anilines is 2. The number of methoxy groups -OCH3 is 1. The lowest BCUT2D eigenvalue weighted by Crippen LogP contribution is -2.53. The number of phenolic OH excluding ortho intramolecular Hbond substituents is 1. The molecule has 9 heteroatoms. The first-order valence-corrected chi connectivity index (χ1v) is 16.9. The fourth-order valence-electron chi connectivity index (χ4n) is 9.02. The van der Waals surface area contributed by atoms with Gasteiger partial charge < -0.3 is 9.84 Å². The quantitative estimate of drug-likeness (QED) is 0.172. The molecule has 1 saturated carbocycles. The highest BCUT2D eigenvalue weighted by Crippen LogP contribution is 2.64. The van der Waals surface area contributed by atoms with Gasteiger partial charge in [0.05, 0.1) is 41.7 Å². The maximum atomic E-state index is 15.3. The van der Waals surface area contributed by atoms with Crippen LogP contribution in [0.5, 0.6) is 11.5 Å². The van der Waals surface area contributed by atoms with Crippen LogP contribution < -0.4 is 14.5 Å². The third-order valence-electron chi connectivity index (χ3n) is 11.1. The highest BCUT2D eigenvalue weighted by Gasteiger charge is 2.70. The van der Waals surface area contributed by atoms with E-state index in [-0.39, 0.29) is 36.2 Å². The number of carbonyl (C=O) groups excluding carboxylic acids is 4. The van der Waals surface area contributed by atoms with E-state index < -0.39 is 46.8 Å². The van der Waals surface area contributed by atoms with E-state index in [9.17, 15) is 19.5 Å². The topological polar surface area (TPSA) is 104 Å². The number of carbonyl (C=O) groups is 4. The molecule has 4 amide bonds. The summed E-state index contributed by atoms with van der Waals surface area (Å²) in [5.41, 5.74) is 2.29. The van der Waals surface area contributed by atoms with Gasteiger partial charge in [-0.25, -0.2) is 4.90 Å². The number of rotatable bonds is 6. The number of ether oxygens (including phenoxy) is 1. The van der Waals surface area contributed by atoms with Crippen molar-refractivity contribution < 1.29 is 29.0 Å². The molecule has 3 fully saturated rings. The second kappa shape index (κ2) is 11.8. The summed E-state index contributed by atoms with van der Waals surface area (Å²) in [5, 5.41) is 11.5. The Morgan fingerprint density at radius 3 is 2.28 bits per heavy atom. The Balaban J connectivity index is 1.34. The van der Waals surface area contributed by atoms with Crippen molar-refractivity contribution in [1.29, 1.82) is 0 Å². The van der Waals surface area contributed by atoms with Gasteiger partial charge in [-0.1, -0.05) is 90.5 Å². The maximum absolute atomic E-state index is 15.3. The Morgan fingerprint density at radius 2 is 1.60 bits per heavy atom. The van der Waals surface area contributed by atoms with E-state index in [0.29, 0.717) is 27.5 Å². The van der Waals surface area contributed by atoms with Crippen LogP contribution in [0.1, 0.15) is 35.4 Å². The Kier molecular flexibility index (Phi) is 7.53. The zero-order valence-corrected chi connectivity index (χ0v) is 27.9. The van der Waals surface area contributed by atoms with E-state index in [1.165, 1.54) is 16.9 Å². The van der Waals surface area contributed by atoms with Crippen molar-refractivity contribution in [3.8, 4) is 11.5 Å². The summed E-state index contributed by atoms with van der Waals surface area (Å²) in [6.45, 7) is 3.79. The van der Waals surface area contributed by atoms with Gasteiger partial charge in [-0.15, -0.1) is 0 Å². The highest BCUT2D eigenvalue weighted by molar-refractivity contribution is 6.32. The third kappa shape index (κ3) is 4.44. The van der Waals surface area contributed by atoms with Crippen molar-refractivity contribution in [2.24, 2.45) is 23.7 Å². The molecule has 250 valence electrons. The molecule has 0 aromatic heterocycles. The fourth-order valence-corrected chi connectivity index (χ4v) is 9.20. The fraction of sp³-hybridized carbons (Fsp3) is 0.220. The number of hydrogen-bond donors (Lipinski definition) is 1. The average molecular weight is 685 g/mol. The number of benzene rings is 4. The van der Waals surface area contributed by atoms with Gasteiger partial charge in [0.15, 0.2) is 11.5 Å². The van der Waals surface area contributed by atoms with E-state index in [1.54, 1.807) is 60.7 Å². The van der Waals surface area contributed by atoms with Gasteiger partial charge >= 0.3 is 0 Å². The van der Waals surface area contributed by atoms with Crippen LogP contribution in [0.15, 0.2) is 115 Å². The summed E-state index contributed by atoms with van der Waals surface area (Å²) in [6.07, 6.45) is 4.15. The normalized spacial score (nSPS) is 27.1. The van der Waals surface area contributed by atoms with Crippen LogP contribution in [0.25, 0.3) is 6.08 Å². The highest BCUT2D eigenvalue weighted by atomic mass is 35.5. The van der Waals surface area contributed by atoms with E-state index in [2.05, 4.69) is 6.58 Å². The van der Waals surface area contributed by atoms with Crippen LogP contribution in [0, 0.1) is 23.7 Å². The molecule has 4 aliphatic rings. The van der Waals surface area contributed by atoms with Crippen molar-refractivity contribution in [3.05, 3.63) is 137 Å². The Bertz CT molecular complexity index is 2130. The third-order valence-corrected chi connectivity index (χ3v) is 11.3. The summed E-state index contributed by atoms with van der Waals surface area (Å²) in [5.74, 6) is -4.86. The summed E-state index contributed by atoms with van der Waals surface area (Å²) in [7, 11) is 1.46. The van der Waals surface area contributed by atoms with Crippen LogP contribution in [-0.2, 0) is 24.6 Å². The first-order valence-electron chi connectivity index (χ1n) is 16.6. The van der Waals surface area contributed by atoms with Crippen LogP contribution in [0.2, 0.25) is 5.02 Å². The van der Waals surface area contributed by atoms with Crippen LogP contribution in [0.3, 0.4) is 0 Å². The second-order valence-electron chi connectivity index (χ2n) is 13.3. The number of allylic oxidation sites excluding steroid dienone is 2. The number of fused-ring (bicyclic) bond motifs is 4. The summed E-state index contributed by atoms with van der Waals surface area (Å²) in [4.78, 5) is 61.1. The average Bonchev–Trinajstić information content (AvgIpc) is 3.52. The molecular weight excluding hydrogens is 652 g/mol. The lowest BCUT2D eigenvalue weighted by Gasteiger charge is -2.50. The number of nitrogens with zero attached hydrogens (tertiary/aromatic N) is 2. The minimum Gasteiger partial charge on any atom is -0.504 e. The molecule has 0 bridgehead atoms. The van der Waals surface area contributed by atoms with Crippen LogP contribution in [-0.4, -0.2) is 35.8 Å². The van der Waals surface area contributed by atoms with Crippen molar-refractivity contribution >= 4 is 52.7 Å². The smallest absolute Gasteiger partial charge is 0.246 e. The molecule has 0 spiro atoms. The molecule has 2 aliphatic heterocycles.